The minimum atomic E-state index is -0.0573. The van der Waals surface area contributed by atoms with Crippen LogP contribution in [0.3, 0.4) is 0 Å². The van der Waals surface area contributed by atoms with Crippen molar-refractivity contribution in [2.75, 3.05) is 27.2 Å². The maximum Gasteiger partial charge on any atom is 0.233 e. The molecule has 0 radical (unpaired) electrons. The summed E-state index contributed by atoms with van der Waals surface area (Å²) in [6, 6.07) is 0. The smallest absolute Gasteiger partial charge is 0.233 e. The average Bonchev–Trinajstić information content (AvgIpc) is 2.64. The normalized spacial score (nSPS) is 20.0. The summed E-state index contributed by atoms with van der Waals surface area (Å²) in [4.78, 5) is 13.3. The molecule has 4 heteroatoms. The molecule has 0 unspecified atom stereocenters. The third-order valence-electron chi connectivity index (χ3n) is 3.28. The predicted octanol–water partition coefficient (Wildman–Crippen LogP) is -0.0643. The van der Waals surface area contributed by atoms with Crippen molar-refractivity contribution < 1.29 is 4.79 Å². The van der Waals surface area contributed by atoms with E-state index in [4.69, 9.17) is 5.73 Å². The summed E-state index contributed by atoms with van der Waals surface area (Å²) in [5.41, 5.74) is 5.42. The monoisotopic (exact) mass is 199 g/mol. The van der Waals surface area contributed by atoms with Gasteiger partial charge in [0.2, 0.25) is 5.91 Å². The molecule has 1 saturated carbocycles. The van der Waals surface area contributed by atoms with Gasteiger partial charge < -0.3 is 16.0 Å². The number of nitrogens with two attached hydrogens (primary N) is 1. The third kappa shape index (κ3) is 2.45. The van der Waals surface area contributed by atoms with Crippen LogP contribution in [0.25, 0.3) is 0 Å². The lowest BCUT2D eigenvalue weighted by atomic mass is 9.96. The van der Waals surface area contributed by atoms with E-state index < -0.39 is 0 Å². The van der Waals surface area contributed by atoms with E-state index in [0.717, 1.165) is 6.54 Å². The number of nitrogens with zero attached hydrogens (tertiary/aromatic N) is 1. The highest BCUT2D eigenvalue weighted by Gasteiger charge is 2.35. The van der Waals surface area contributed by atoms with Crippen molar-refractivity contribution in [2.24, 2.45) is 5.73 Å². The van der Waals surface area contributed by atoms with Crippen molar-refractivity contribution in [1.29, 1.82) is 0 Å². The number of hydrogen-bond donors (Lipinski definition) is 2. The SMILES string of the molecule is CN(C)C1(CNC(=O)CN)CCCC1. The topological polar surface area (TPSA) is 58.4 Å². The minimum absolute atomic E-state index is 0.0573. The number of likely N-dealkylation sites (N-methyl/N-ethyl adjacent to an activating group) is 1. The van der Waals surface area contributed by atoms with Gasteiger partial charge in [-0.25, -0.2) is 0 Å². The van der Waals surface area contributed by atoms with Gasteiger partial charge in [-0.3, -0.25) is 4.79 Å². The van der Waals surface area contributed by atoms with Crippen LogP contribution in [0, 0.1) is 0 Å². The van der Waals surface area contributed by atoms with Crippen LogP contribution in [0.4, 0.5) is 0 Å². The average molecular weight is 199 g/mol. The van der Waals surface area contributed by atoms with Crippen LogP contribution in [0.2, 0.25) is 0 Å². The molecule has 0 bridgehead atoms. The van der Waals surface area contributed by atoms with Crippen molar-refractivity contribution in [3.63, 3.8) is 0 Å². The van der Waals surface area contributed by atoms with Crippen molar-refractivity contribution in [3.8, 4) is 0 Å². The van der Waals surface area contributed by atoms with Gasteiger partial charge in [-0.1, -0.05) is 12.8 Å². The third-order valence-corrected chi connectivity index (χ3v) is 3.28. The largest absolute Gasteiger partial charge is 0.353 e. The molecule has 1 aliphatic rings. The highest BCUT2D eigenvalue weighted by atomic mass is 16.1. The number of nitrogens with one attached hydrogen (secondary N) is 1. The molecule has 1 fully saturated rings. The van der Waals surface area contributed by atoms with E-state index in [1.807, 2.05) is 0 Å². The molecule has 4 nitrogen and oxygen atoms in total. The summed E-state index contributed by atoms with van der Waals surface area (Å²) in [5, 5.41) is 2.89. The van der Waals surface area contributed by atoms with Crippen molar-refractivity contribution >= 4 is 5.91 Å². The fraction of sp³-hybridized carbons (Fsp3) is 0.900. The van der Waals surface area contributed by atoms with Gasteiger partial charge >= 0.3 is 0 Å². The number of amides is 1. The van der Waals surface area contributed by atoms with Crippen molar-refractivity contribution in [2.45, 2.75) is 31.2 Å². The maximum absolute atomic E-state index is 11.1. The summed E-state index contributed by atoms with van der Waals surface area (Å²) in [6.45, 7) is 0.819. The summed E-state index contributed by atoms with van der Waals surface area (Å²) in [7, 11) is 4.17. The van der Waals surface area contributed by atoms with Gasteiger partial charge in [0.05, 0.1) is 6.54 Å². The highest BCUT2D eigenvalue weighted by molar-refractivity contribution is 5.77. The molecule has 0 aromatic heterocycles. The van der Waals surface area contributed by atoms with Gasteiger partial charge in [-0.15, -0.1) is 0 Å². The number of hydrogen-bond acceptors (Lipinski definition) is 3. The van der Waals surface area contributed by atoms with Crippen LogP contribution in [0.15, 0.2) is 0 Å². The van der Waals surface area contributed by atoms with Gasteiger partial charge in [0.1, 0.15) is 0 Å². The standard InChI is InChI=1S/C10H21N3O/c1-13(2)10(5-3-4-6-10)8-12-9(14)7-11/h3-8,11H2,1-2H3,(H,12,14). The molecular formula is C10H21N3O. The Morgan fingerprint density at radius 3 is 2.43 bits per heavy atom. The zero-order valence-electron chi connectivity index (χ0n) is 9.18. The summed E-state index contributed by atoms with van der Waals surface area (Å²) < 4.78 is 0. The molecule has 3 N–H and O–H groups in total. The number of carbonyl (C=O) groups is 1. The van der Waals surface area contributed by atoms with E-state index in [2.05, 4.69) is 24.3 Å². The van der Waals surface area contributed by atoms with Crippen LogP contribution < -0.4 is 11.1 Å². The van der Waals surface area contributed by atoms with Crippen LogP contribution in [0.5, 0.6) is 0 Å². The molecule has 0 aliphatic heterocycles. The highest BCUT2D eigenvalue weighted by Crippen LogP contribution is 2.32. The Balaban J connectivity index is 2.48. The second-order valence-corrected chi connectivity index (χ2v) is 4.31. The van der Waals surface area contributed by atoms with Gasteiger partial charge in [0, 0.05) is 12.1 Å². The van der Waals surface area contributed by atoms with Gasteiger partial charge in [0.25, 0.3) is 0 Å². The number of rotatable bonds is 4. The fourth-order valence-electron chi connectivity index (χ4n) is 2.15. The first-order valence-corrected chi connectivity index (χ1v) is 5.25. The molecule has 1 rings (SSSR count). The Morgan fingerprint density at radius 2 is 2.00 bits per heavy atom. The lowest BCUT2D eigenvalue weighted by Crippen LogP contribution is -2.51. The maximum atomic E-state index is 11.1. The van der Waals surface area contributed by atoms with Gasteiger partial charge in [0.15, 0.2) is 0 Å². The summed E-state index contributed by atoms with van der Waals surface area (Å²) in [6.07, 6.45) is 4.86. The summed E-state index contributed by atoms with van der Waals surface area (Å²) >= 11 is 0. The zero-order chi connectivity index (χ0) is 10.6. The Bertz CT molecular complexity index is 198. The van der Waals surface area contributed by atoms with E-state index in [9.17, 15) is 4.79 Å². The Kier molecular flexibility index (Phi) is 3.89. The lowest BCUT2D eigenvalue weighted by molar-refractivity contribution is -0.120. The van der Waals surface area contributed by atoms with E-state index in [-0.39, 0.29) is 18.0 Å². The van der Waals surface area contributed by atoms with Crippen LogP contribution >= 0.6 is 0 Å². The van der Waals surface area contributed by atoms with Gasteiger partial charge in [-0.05, 0) is 26.9 Å². The lowest BCUT2D eigenvalue weighted by Gasteiger charge is -2.36. The number of carbonyl (C=O) groups excluding carboxylic acids is 1. The Hall–Kier alpha value is -0.610. The van der Waals surface area contributed by atoms with Crippen LogP contribution in [-0.2, 0) is 4.79 Å². The Morgan fingerprint density at radius 1 is 1.43 bits per heavy atom. The van der Waals surface area contributed by atoms with Crippen LogP contribution in [0.1, 0.15) is 25.7 Å². The van der Waals surface area contributed by atoms with E-state index >= 15 is 0 Å². The molecule has 14 heavy (non-hydrogen) atoms. The molecule has 1 amide bonds. The van der Waals surface area contributed by atoms with Gasteiger partial charge in [-0.2, -0.15) is 0 Å². The second-order valence-electron chi connectivity index (χ2n) is 4.31. The minimum Gasteiger partial charge on any atom is -0.353 e. The quantitative estimate of drug-likeness (QED) is 0.666. The predicted molar refractivity (Wildman–Crippen MR) is 57.0 cm³/mol. The van der Waals surface area contributed by atoms with E-state index in [1.54, 1.807) is 0 Å². The molecule has 0 saturated heterocycles. The van der Waals surface area contributed by atoms with Crippen molar-refractivity contribution in [3.05, 3.63) is 0 Å². The second kappa shape index (κ2) is 4.75. The fourth-order valence-corrected chi connectivity index (χ4v) is 2.15. The van der Waals surface area contributed by atoms with E-state index in [1.165, 1.54) is 25.7 Å². The molecule has 0 aromatic carbocycles. The molecule has 0 aromatic rings. The van der Waals surface area contributed by atoms with Crippen LogP contribution in [-0.4, -0.2) is 43.5 Å². The molecule has 0 atom stereocenters. The zero-order valence-corrected chi connectivity index (χ0v) is 9.18. The molecular weight excluding hydrogens is 178 g/mol. The first kappa shape index (κ1) is 11.5. The molecule has 0 spiro atoms. The first-order chi connectivity index (χ1) is 6.60. The molecule has 0 heterocycles. The van der Waals surface area contributed by atoms with Crippen molar-refractivity contribution in [1.82, 2.24) is 10.2 Å². The molecule has 82 valence electrons. The molecule has 1 aliphatic carbocycles. The van der Waals surface area contributed by atoms with E-state index in [0.29, 0.717) is 0 Å². The first-order valence-electron chi connectivity index (χ1n) is 5.25. The summed E-state index contributed by atoms with van der Waals surface area (Å²) in [5.74, 6) is -0.0573. The Labute approximate surface area is 85.8 Å².